The van der Waals surface area contributed by atoms with E-state index < -0.39 is 5.97 Å². The second-order valence-electron chi connectivity index (χ2n) is 7.07. The SMILES string of the molecule is Clc1ccccc1N1CCCCC1.NN/C(C(=O)O)=C(\N)SC1CCCCC1. The number of carboxylic acid groups (broad SMARTS) is 1. The minimum Gasteiger partial charge on any atom is -0.476 e. The average molecular weight is 427 g/mol. The van der Waals surface area contributed by atoms with E-state index in [1.165, 1.54) is 56.0 Å². The Kier molecular flexibility index (Phi) is 9.81. The summed E-state index contributed by atoms with van der Waals surface area (Å²) in [4.78, 5) is 13.1. The number of hydrogen-bond donors (Lipinski definition) is 4. The monoisotopic (exact) mass is 426 g/mol. The van der Waals surface area contributed by atoms with E-state index in [2.05, 4.69) is 22.5 Å². The standard InChI is InChI=1S/C11H14ClN.C9H17N3O2S/c12-10-6-2-3-7-11(10)13-8-4-1-5-9-13;10-8(7(12-11)9(13)14)15-6-4-2-1-3-5-6/h2-3,6-7H,1,4-5,8-9H2;6,12H,1-5,10-11H2,(H,13,14)/b;8-7+. The number of thioether (sulfide) groups is 1. The fraction of sp³-hybridized carbons (Fsp3) is 0.550. The van der Waals surface area contributed by atoms with Crippen LogP contribution in [0.3, 0.4) is 0 Å². The van der Waals surface area contributed by atoms with E-state index in [0.29, 0.717) is 5.25 Å². The third-order valence-corrected chi connectivity index (χ3v) is 6.58. The van der Waals surface area contributed by atoms with Gasteiger partial charge in [-0.15, -0.1) is 11.8 Å². The zero-order valence-corrected chi connectivity index (χ0v) is 17.8. The van der Waals surface area contributed by atoms with E-state index in [1.54, 1.807) is 0 Å². The molecule has 6 nitrogen and oxygen atoms in total. The van der Waals surface area contributed by atoms with Crippen LogP contribution in [-0.4, -0.2) is 29.4 Å². The van der Waals surface area contributed by atoms with Crippen LogP contribution in [0.2, 0.25) is 5.02 Å². The van der Waals surface area contributed by atoms with Crippen LogP contribution in [0.15, 0.2) is 35.0 Å². The number of nitrogens with zero attached hydrogens (tertiary/aromatic N) is 1. The lowest BCUT2D eigenvalue weighted by Gasteiger charge is -2.29. The second kappa shape index (κ2) is 12.1. The molecule has 0 bridgehead atoms. The minimum atomic E-state index is -1.11. The molecule has 156 valence electrons. The third kappa shape index (κ3) is 7.11. The van der Waals surface area contributed by atoms with Crippen LogP contribution >= 0.6 is 23.4 Å². The van der Waals surface area contributed by atoms with E-state index in [-0.39, 0.29) is 10.7 Å². The molecule has 1 aromatic carbocycles. The highest BCUT2D eigenvalue weighted by Gasteiger charge is 2.18. The van der Waals surface area contributed by atoms with Gasteiger partial charge in [-0.25, -0.2) is 4.79 Å². The largest absolute Gasteiger partial charge is 0.476 e. The molecule has 6 N–H and O–H groups in total. The van der Waals surface area contributed by atoms with E-state index in [1.807, 2.05) is 12.1 Å². The highest BCUT2D eigenvalue weighted by molar-refractivity contribution is 8.03. The van der Waals surface area contributed by atoms with Gasteiger partial charge in [0, 0.05) is 18.3 Å². The molecule has 0 amide bonds. The average Bonchev–Trinajstić information content (AvgIpc) is 2.70. The summed E-state index contributed by atoms with van der Waals surface area (Å²) >= 11 is 7.53. The van der Waals surface area contributed by atoms with E-state index in [9.17, 15) is 4.79 Å². The van der Waals surface area contributed by atoms with Gasteiger partial charge in [-0.05, 0) is 44.2 Å². The minimum absolute atomic E-state index is 0.106. The van der Waals surface area contributed by atoms with Crippen molar-refractivity contribution in [3.8, 4) is 0 Å². The summed E-state index contributed by atoms with van der Waals surface area (Å²) < 4.78 is 0. The van der Waals surface area contributed by atoms with Gasteiger partial charge < -0.3 is 21.2 Å². The fourth-order valence-corrected chi connectivity index (χ4v) is 4.95. The van der Waals surface area contributed by atoms with Gasteiger partial charge in [-0.3, -0.25) is 5.84 Å². The number of benzene rings is 1. The van der Waals surface area contributed by atoms with Crippen LogP contribution in [0, 0.1) is 0 Å². The highest BCUT2D eigenvalue weighted by Crippen LogP contribution is 2.31. The van der Waals surface area contributed by atoms with Crippen LogP contribution in [0.5, 0.6) is 0 Å². The number of carboxylic acids is 1. The molecule has 1 saturated carbocycles. The van der Waals surface area contributed by atoms with Gasteiger partial charge in [0.25, 0.3) is 0 Å². The number of piperidine rings is 1. The summed E-state index contributed by atoms with van der Waals surface area (Å²) in [7, 11) is 0. The van der Waals surface area contributed by atoms with Crippen molar-refractivity contribution in [1.82, 2.24) is 5.43 Å². The van der Waals surface area contributed by atoms with Gasteiger partial charge in [-0.2, -0.15) is 0 Å². The molecule has 1 heterocycles. The molecule has 0 atom stereocenters. The van der Waals surface area contributed by atoms with Crippen molar-refractivity contribution in [3.63, 3.8) is 0 Å². The molecule has 28 heavy (non-hydrogen) atoms. The second-order valence-corrected chi connectivity index (χ2v) is 8.82. The van der Waals surface area contributed by atoms with Crippen molar-refractivity contribution in [1.29, 1.82) is 0 Å². The first-order valence-corrected chi connectivity index (χ1v) is 11.1. The first kappa shape index (κ1) is 22.7. The van der Waals surface area contributed by atoms with Crippen molar-refractivity contribution in [2.24, 2.45) is 11.6 Å². The van der Waals surface area contributed by atoms with Crippen molar-refractivity contribution in [3.05, 3.63) is 40.0 Å². The van der Waals surface area contributed by atoms with Gasteiger partial charge in [0.05, 0.1) is 15.7 Å². The molecule has 8 heteroatoms. The summed E-state index contributed by atoms with van der Waals surface area (Å²) in [5, 5.41) is 10.4. The number of hydrazine groups is 1. The summed E-state index contributed by atoms with van der Waals surface area (Å²) in [5.74, 6) is 3.99. The lowest BCUT2D eigenvalue weighted by molar-refractivity contribution is -0.133. The first-order valence-electron chi connectivity index (χ1n) is 9.88. The molecular weight excluding hydrogens is 396 g/mol. The Balaban J connectivity index is 0.000000202. The van der Waals surface area contributed by atoms with Crippen LogP contribution < -0.4 is 21.9 Å². The van der Waals surface area contributed by atoms with Crippen LogP contribution in [0.1, 0.15) is 51.4 Å². The van der Waals surface area contributed by atoms with Crippen molar-refractivity contribution < 1.29 is 9.90 Å². The number of rotatable bonds is 5. The molecule has 0 unspecified atom stereocenters. The van der Waals surface area contributed by atoms with Gasteiger partial charge in [0.1, 0.15) is 0 Å². The zero-order valence-electron chi connectivity index (χ0n) is 16.2. The molecule has 2 aliphatic rings. The van der Waals surface area contributed by atoms with Crippen LogP contribution in [-0.2, 0) is 4.79 Å². The maximum atomic E-state index is 10.7. The van der Waals surface area contributed by atoms with Gasteiger partial charge >= 0.3 is 5.97 Å². The van der Waals surface area contributed by atoms with Gasteiger partial charge in [-0.1, -0.05) is 43.0 Å². The molecule has 0 radical (unpaired) electrons. The Labute approximate surface area is 176 Å². The number of para-hydroxylation sites is 1. The molecule has 1 saturated heterocycles. The summed E-state index contributed by atoms with van der Waals surface area (Å²) in [6.07, 6.45) is 9.82. The summed E-state index contributed by atoms with van der Waals surface area (Å²) in [6, 6.07) is 8.10. The Morgan fingerprint density at radius 1 is 1.11 bits per heavy atom. The van der Waals surface area contributed by atoms with Crippen LogP contribution in [0.25, 0.3) is 0 Å². The quantitative estimate of drug-likeness (QED) is 0.319. The zero-order chi connectivity index (χ0) is 20.4. The fourth-order valence-electron chi connectivity index (χ4n) is 3.50. The first-order chi connectivity index (χ1) is 13.5. The normalized spacial score (nSPS) is 18.6. The number of nitrogens with two attached hydrogens (primary N) is 2. The molecule has 2 fully saturated rings. The van der Waals surface area contributed by atoms with Crippen LogP contribution in [0.4, 0.5) is 5.69 Å². The maximum Gasteiger partial charge on any atom is 0.356 e. The predicted molar refractivity (Wildman–Crippen MR) is 118 cm³/mol. The molecular formula is C20H31ClN4O2S. The number of anilines is 1. The molecule has 0 spiro atoms. The Hall–Kier alpha value is -1.57. The molecule has 1 aliphatic carbocycles. The molecule has 1 aliphatic heterocycles. The molecule has 3 rings (SSSR count). The summed E-state index contributed by atoms with van der Waals surface area (Å²) in [5.41, 5.74) is 8.90. The number of hydrogen-bond acceptors (Lipinski definition) is 6. The Morgan fingerprint density at radius 3 is 2.29 bits per heavy atom. The number of aliphatic carboxylic acids is 1. The maximum absolute atomic E-state index is 10.7. The number of nitrogens with one attached hydrogen (secondary N) is 1. The lowest BCUT2D eigenvalue weighted by Crippen LogP contribution is -2.30. The lowest BCUT2D eigenvalue weighted by atomic mass is 10.0. The van der Waals surface area contributed by atoms with Crippen molar-refractivity contribution in [2.75, 3.05) is 18.0 Å². The van der Waals surface area contributed by atoms with E-state index in [0.717, 1.165) is 31.0 Å². The third-order valence-electron chi connectivity index (χ3n) is 5.00. The van der Waals surface area contributed by atoms with Crippen molar-refractivity contribution in [2.45, 2.75) is 56.6 Å². The van der Waals surface area contributed by atoms with Gasteiger partial charge in [0.2, 0.25) is 0 Å². The Bertz CT molecular complexity index is 659. The van der Waals surface area contributed by atoms with Crippen molar-refractivity contribution >= 4 is 35.0 Å². The van der Waals surface area contributed by atoms with E-state index >= 15 is 0 Å². The Morgan fingerprint density at radius 2 is 1.71 bits per heavy atom. The number of carbonyl (C=O) groups is 1. The number of halogens is 1. The summed E-state index contributed by atoms with van der Waals surface area (Å²) in [6.45, 7) is 2.31. The van der Waals surface area contributed by atoms with Gasteiger partial charge in [0.15, 0.2) is 5.70 Å². The van der Waals surface area contributed by atoms with E-state index in [4.69, 9.17) is 28.3 Å². The topological polar surface area (TPSA) is 105 Å². The molecule has 1 aromatic rings. The highest BCUT2D eigenvalue weighted by atomic mass is 35.5. The molecule has 0 aromatic heterocycles. The smallest absolute Gasteiger partial charge is 0.356 e. The predicted octanol–water partition coefficient (Wildman–Crippen LogP) is 4.06.